The molecule has 0 saturated carbocycles. The third kappa shape index (κ3) is 2.64. The fourth-order valence-electron chi connectivity index (χ4n) is 0.736. The van der Waals surface area contributed by atoms with Gasteiger partial charge >= 0.3 is 0 Å². The summed E-state index contributed by atoms with van der Waals surface area (Å²) in [5, 5.41) is 0.470. The fraction of sp³-hybridized carbons (Fsp3) is 0.250. The molecular weight excluding hydrogens is 202 g/mol. The topological polar surface area (TPSA) is 0 Å². The van der Waals surface area contributed by atoms with Crippen LogP contribution < -0.4 is 0 Å². The molecular formula is C8H7ClF2S. The monoisotopic (exact) mass is 208 g/mol. The quantitative estimate of drug-likeness (QED) is 0.685. The van der Waals surface area contributed by atoms with E-state index in [1.807, 2.05) is 0 Å². The maximum Gasteiger partial charge on any atom is 0.136 e. The zero-order chi connectivity index (χ0) is 8.97. The molecule has 0 aliphatic rings. The first-order chi connectivity index (χ1) is 5.74. The average molecular weight is 209 g/mol. The Bertz CT molecular complexity index is 265. The van der Waals surface area contributed by atoms with E-state index in [1.165, 1.54) is 18.2 Å². The maximum atomic E-state index is 12.9. The van der Waals surface area contributed by atoms with Crippen LogP contribution in [0.3, 0.4) is 0 Å². The number of thioether (sulfide) groups is 1. The lowest BCUT2D eigenvalue weighted by Gasteiger charge is -2.00. The van der Waals surface area contributed by atoms with E-state index in [4.69, 9.17) is 11.6 Å². The van der Waals surface area contributed by atoms with E-state index in [9.17, 15) is 8.78 Å². The van der Waals surface area contributed by atoms with Crippen molar-refractivity contribution in [3.05, 3.63) is 29.0 Å². The van der Waals surface area contributed by atoms with Crippen molar-refractivity contribution in [1.82, 2.24) is 0 Å². The largest absolute Gasteiger partial charge is 0.250 e. The molecule has 0 saturated heterocycles. The number of alkyl halides is 1. The Labute approximate surface area is 78.9 Å². The molecule has 0 N–H and O–H groups in total. The smallest absolute Gasteiger partial charge is 0.136 e. The van der Waals surface area contributed by atoms with Gasteiger partial charge in [0.15, 0.2) is 0 Å². The summed E-state index contributed by atoms with van der Waals surface area (Å²) in [6, 6.07) is 4.25. The van der Waals surface area contributed by atoms with Gasteiger partial charge in [-0.1, -0.05) is 11.6 Å². The summed E-state index contributed by atoms with van der Waals surface area (Å²) in [5.41, 5.74) is 0. The van der Waals surface area contributed by atoms with Crippen LogP contribution in [0.4, 0.5) is 8.78 Å². The van der Waals surface area contributed by atoms with E-state index in [1.54, 1.807) is 0 Å². The van der Waals surface area contributed by atoms with Gasteiger partial charge in [0.1, 0.15) is 5.82 Å². The molecule has 1 rings (SSSR count). The van der Waals surface area contributed by atoms with Gasteiger partial charge in [-0.25, -0.2) is 4.39 Å². The van der Waals surface area contributed by atoms with Crippen molar-refractivity contribution >= 4 is 23.4 Å². The number of rotatable bonds is 3. The van der Waals surface area contributed by atoms with Gasteiger partial charge in [-0.3, -0.25) is 4.39 Å². The van der Waals surface area contributed by atoms with E-state index in [0.717, 1.165) is 11.8 Å². The van der Waals surface area contributed by atoms with Crippen LogP contribution in [0.1, 0.15) is 0 Å². The second-order valence-corrected chi connectivity index (χ2v) is 3.69. The summed E-state index contributed by atoms with van der Waals surface area (Å²) in [6.45, 7) is -0.462. The molecule has 0 radical (unpaired) electrons. The predicted molar refractivity (Wildman–Crippen MR) is 48.1 cm³/mol. The van der Waals surface area contributed by atoms with Crippen LogP contribution in [-0.2, 0) is 0 Å². The molecule has 0 aliphatic heterocycles. The SMILES string of the molecule is FCCSc1cc(Cl)ccc1F. The molecule has 66 valence electrons. The Morgan fingerprint density at radius 2 is 2.17 bits per heavy atom. The highest BCUT2D eigenvalue weighted by atomic mass is 35.5. The molecule has 0 aromatic heterocycles. The Balaban J connectivity index is 2.75. The summed E-state index contributed by atoms with van der Waals surface area (Å²) < 4.78 is 24.6. The number of hydrogen-bond donors (Lipinski definition) is 0. The Kier molecular flexibility index (Phi) is 3.82. The van der Waals surface area contributed by atoms with Crippen molar-refractivity contribution in [3.8, 4) is 0 Å². The van der Waals surface area contributed by atoms with E-state index in [0.29, 0.717) is 9.92 Å². The van der Waals surface area contributed by atoms with Gasteiger partial charge in [-0.05, 0) is 18.2 Å². The van der Waals surface area contributed by atoms with Crippen molar-refractivity contribution in [1.29, 1.82) is 0 Å². The second kappa shape index (κ2) is 4.67. The third-order valence-electron chi connectivity index (χ3n) is 1.23. The third-order valence-corrected chi connectivity index (χ3v) is 2.45. The summed E-state index contributed by atoms with van der Waals surface area (Å²) in [4.78, 5) is 0.403. The van der Waals surface area contributed by atoms with E-state index < -0.39 is 6.67 Å². The van der Waals surface area contributed by atoms with Gasteiger partial charge in [0.05, 0.1) is 6.67 Å². The summed E-state index contributed by atoms with van der Waals surface area (Å²) >= 11 is 6.75. The number of benzene rings is 1. The number of halogens is 3. The average Bonchev–Trinajstić information content (AvgIpc) is 2.07. The van der Waals surface area contributed by atoms with Crippen LogP contribution in [0.5, 0.6) is 0 Å². The normalized spacial score (nSPS) is 10.2. The highest BCUT2D eigenvalue weighted by Crippen LogP contribution is 2.24. The van der Waals surface area contributed by atoms with E-state index in [-0.39, 0.29) is 11.6 Å². The molecule has 0 amide bonds. The van der Waals surface area contributed by atoms with Crippen molar-refractivity contribution < 1.29 is 8.78 Å². The van der Waals surface area contributed by atoms with E-state index >= 15 is 0 Å². The van der Waals surface area contributed by atoms with Crippen LogP contribution >= 0.6 is 23.4 Å². The minimum Gasteiger partial charge on any atom is -0.250 e. The van der Waals surface area contributed by atoms with Crippen molar-refractivity contribution in [2.75, 3.05) is 12.4 Å². The van der Waals surface area contributed by atoms with E-state index in [2.05, 4.69) is 0 Å². The highest BCUT2D eigenvalue weighted by molar-refractivity contribution is 7.99. The molecule has 1 aromatic rings. The molecule has 0 spiro atoms. The molecule has 4 heteroatoms. The van der Waals surface area contributed by atoms with Gasteiger partial charge in [-0.15, -0.1) is 11.8 Å². The minimum atomic E-state index is -0.462. The lowest BCUT2D eigenvalue weighted by molar-refractivity contribution is 0.532. The standard InChI is InChI=1S/C8H7ClF2S/c9-6-1-2-7(11)8(5-6)12-4-3-10/h1-2,5H,3-4H2. The predicted octanol–water partition coefficient (Wildman–Crippen LogP) is 3.54. The maximum absolute atomic E-state index is 12.9. The van der Waals surface area contributed by atoms with Crippen molar-refractivity contribution in [2.45, 2.75) is 4.90 Å². The molecule has 0 heterocycles. The minimum absolute atomic E-state index is 0.261. The van der Waals surface area contributed by atoms with Crippen LogP contribution in [0, 0.1) is 5.82 Å². The molecule has 1 aromatic carbocycles. The molecule has 12 heavy (non-hydrogen) atoms. The molecule has 0 bridgehead atoms. The van der Waals surface area contributed by atoms with Crippen LogP contribution in [0.15, 0.2) is 23.1 Å². The van der Waals surface area contributed by atoms with Gasteiger partial charge in [0.2, 0.25) is 0 Å². The zero-order valence-electron chi connectivity index (χ0n) is 6.19. The summed E-state index contributed by atoms with van der Waals surface area (Å²) in [5.74, 6) is -0.0880. The Morgan fingerprint density at radius 1 is 1.42 bits per heavy atom. The number of hydrogen-bond acceptors (Lipinski definition) is 1. The molecule has 0 unspecified atom stereocenters. The molecule has 0 aliphatic carbocycles. The fourth-order valence-corrected chi connectivity index (χ4v) is 1.69. The lowest BCUT2D eigenvalue weighted by Crippen LogP contribution is -1.84. The Hall–Kier alpha value is -0.280. The first-order valence-electron chi connectivity index (χ1n) is 3.38. The van der Waals surface area contributed by atoms with Crippen LogP contribution in [0.2, 0.25) is 5.02 Å². The first-order valence-corrected chi connectivity index (χ1v) is 4.74. The highest BCUT2D eigenvalue weighted by Gasteiger charge is 2.02. The van der Waals surface area contributed by atoms with Gasteiger partial charge in [-0.2, -0.15) is 0 Å². The van der Waals surface area contributed by atoms with Crippen molar-refractivity contribution in [2.24, 2.45) is 0 Å². The van der Waals surface area contributed by atoms with Crippen LogP contribution in [-0.4, -0.2) is 12.4 Å². The van der Waals surface area contributed by atoms with Gasteiger partial charge in [0, 0.05) is 15.7 Å². The van der Waals surface area contributed by atoms with Gasteiger partial charge in [0.25, 0.3) is 0 Å². The molecule has 0 nitrogen and oxygen atoms in total. The lowest BCUT2D eigenvalue weighted by atomic mass is 10.3. The zero-order valence-corrected chi connectivity index (χ0v) is 7.76. The first kappa shape index (κ1) is 9.81. The van der Waals surface area contributed by atoms with Crippen molar-refractivity contribution in [3.63, 3.8) is 0 Å². The molecule has 0 fully saturated rings. The summed E-state index contributed by atoms with van der Waals surface area (Å²) in [7, 11) is 0. The second-order valence-electron chi connectivity index (χ2n) is 2.11. The van der Waals surface area contributed by atoms with Crippen LogP contribution in [0.25, 0.3) is 0 Å². The Morgan fingerprint density at radius 3 is 2.83 bits per heavy atom. The summed E-state index contributed by atoms with van der Waals surface area (Å²) in [6.07, 6.45) is 0. The van der Waals surface area contributed by atoms with Gasteiger partial charge < -0.3 is 0 Å². The molecule has 0 atom stereocenters.